The normalized spacial score (nSPS) is 12.4. The van der Waals surface area contributed by atoms with Gasteiger partial charge in [-0.1, -0.05) is 17.4 Å². The Morgan fingerprint density at radius 2 is 2.15 bits per heavy atom. The average Bonchev–Trinajstić information content (AvgIpc) is 3.20. The standard InChI is InChI=1S/C16H13N3O6S2/c1-3-8-18-11-5-4-10(27(2,23)24)9-13(11)26-16(18)17-15(20)12-6-7-14(25-12)19(21)22/h3-7,9H,1,8H2,2H3. The monoisotopic (exact) mass is 407 g/mol. The lowest BCUT2D eigenvalue weighted by Gasteiger charge is -2.02. The molecule has 3 aromatic rings. The molecule has 0 radical (unpaired) electrons. The van der Waals surface area contributed by atoms with Crippen LogP contribution in [-0.4, -0.2) is 30.1 Å². The molecule has 11 heteroatoms. The van der Waals surface area contributed by atoms with Crippen LogP contribution in [0.2, 0.25) is 0 Å². The molecule has 27 heavy (non-hydrogen) atoms. The van der Waals surface area contributed by atoms with E-state index in [1.54, 1.807) is 16.7 Å². The predicted octanol–water partition coefficient (Wildman–Crippen LogP) is 2.53. The Bertz CT molecular complexity index is 1250. The molecule has 0 atom stereocenters. The summed E-state index contributed by atoms with van der Waals surface area (Å²) in [5.41, 5.74) is 0.685. The van der Waals surface area contributed by atoms with E-state index in [-0.39, 0.29) is 10.7 Å². The summed E-state index contributed by atoms with van der Waals surface area (Å²) >= 11 is 1.12. The first kappa shape index (κ1) is 18.7. The highest BCUT2D eigenvalue weighted by Crippen LogP contribution is 2.22. The summed E-state index contributed by atoms with van der Waals surface area (Å²) in [4.78, 5) is 26.6. The molecule has 0 aliphatic carbocycles. The highest BCUT2D eigenvalue weighted by molar-refractivity contribution is 7.90. The quantitative estimate of drug-likeness (QED) is 0.363. The second-order valence-corrected chi connectivity index (χ2v) is 8.52. The topological polar surface area (TPSA) is 125 Å². The summed E-state index contributed by atoms with van der Waals surface area (Å²) in [6.45, 7) is 4.00. The summed E-state index contributed by atoms with van der Waals surface area (Å²) in [6.07, 6.45) is 2.72. The van der Waals surface area contributed by atoms with Gasteiger partial charge in [-0.2, -0.15) is 4.99 Å². The Morgan fingerprint density at radius 3 is 2.74 bits per heavy atom. The summed E-state index contributed by atoms with van der Waals surface area (Å²) < 4.78 is 30.7. The summed E-state index contributed by atoms with van der Waals surface area (Å²) in [5.74, 6) is -1.60. The third-order valence-corrected chi connectivity index (χ3v) is 5.73. The number of furan rings is 1. The van der Waals surface area contributed by atoms with Crippen molar-refractivity contribution in [1.82, 2.24) is 4.57 Å². The third kappa shape index (κ3) is 3.73. The van der Waals surface area contributed by atoms with Crippen LogP contribution in [0, 0.1) is 10.1 Å². The minimum Gasteiger partial charge on any atom is -0.395 e. The molecule has 0 unspecified atom stereocenters. The fraction of sp³-hybridized carbons (Fsp3) is 0.125. The van der Waals surface area contributed by atoms with E-state index in [0.29, 0.717) is 21.6 Å². The lowest BCUT2D eigenvalue weighted by Crippen LogP contribution is -2.16. The van der Waals surface area contributed by atoms with Crippen LogP contribution in [0.3, 0.4) is 0 Å². The second kappa shape index (κ2) is 6.93. The van der Waals surface area contributed by atoms with Gasteiger partial charge in [0.1, 0.15) is 4.92 Å². The van der Waals surface area contributed by atoms with E-state index in [0.717, 1.165) is 23.7 Å². The van der Waals surface area contributed by atoms with Gasteiger partial charge in [0.25, 0.3) is 0 Å². The Kier molecular flexibility index (Phi) is 4.81. The maximum absolute atomic E-state index is 12.3. The molecule has 0 aliphatic rings. The van der Waals surface area contributed by atoms with Crippen molar-refractivity contribution in [3.8, 4) is 0 Å². The van der Waals surface area contributed by atoms with Crippen LogP contribution in [0.15, 0.2) is 57.3 Å². The van der Waals surface area contributed by atoms with Gasteiger partial charge in [-0.05, 0) is 24.3 Å². The van der Waals surface area contributed by atoms with Crippen LogP contribution >= 0.6 is 11.3 Å². The van der Waals surface area contributed by atoms with Gasteiger partial charge in [-0.3, -0.25) is 14.9 Å². The zero-order valence-corrected chi connectivity index (χ0v) is 15.6. The minimum atomic E-state index is -3.38. The van der Waals surface area contributed by atoms with E-state index in [9.17, 15) is 23.3 Å². The smallest absolute Gasteiger partial charge is 0.395 e. The van der Waals surface area contributed by atoms with E-state index in [4.69, 9.17) is 4.42 Å². The molecule has 0 fully saturated rings. The van der Waals surface area contributed by atoms with Crippen molar-refractivity contribution in [2.24, 2.45) is 4.99 Å². The van der Waals surface area contributed by atoms with Crippen LogP contribution in [0.1, 0.15) is 10.6 Å². The molecule has 140 valence electrons. The number of carbonyl (C=O) groups excluding carboxylic acids is 1. The van der Waals surface area contributed by atoms with Gasteiger partial charge in [-0.25, -0.2) is 8.42 Å². The lowest BCUT2D eigenvalue weighted by molar-refractivity contribution is -0.402. The molecule has 2 aromatic heterocycles. The van der Waals surface area contributed by atoms with E-state index in [1.807, 2.05) is 0 Å². The number of sulfone groups is 1. The number of allylic oxidation sites excluding steroid dienone is 1. The maximum atomic E-state index is 12.3. The van der Waals surface area contributed by atoms with Crippen molar-refractivity contribution >= 4 is 43.2 Å². The molecule has 1 aromatic carbocycles. The van der Waals surface area contributed by atoms with E-state index >= 15 is 0 Å². The number of hydrogen-bond donors (Lipinski definition) is 0. The number of nitro groups is 1. The number of fused-ring (bicyclic) bond motifs is 1. The Morgan fingerprint density at radius 1 is 1.41 bits per heavy atom. The van der Waals surface area contributed by atoms with Gasteiger partial charge in [0.05, 0.1) is 21.2 Å². The fourth-order valence-corrected chi connectivity index (χ4v) is 4.16. The van der Waals surface area contributed by atoms with E-state index in [2.05, 4.69) is 11.6 Å². The van der Waals surface area contributed by atoms with Gasteiger partial charge >= 0.3 is 11.8 Å². The molecule has 0 spiro atoms. The number of amides is 1. The summed E-state index contributed by atoms with van der Waals surface area (Å²) in [5, 5.41) is 10.7. The number of carbonyl (C=O) groups is 1. The molecule has 0 saturated heterocycles. The number of thiazole rings is 1. The number of nitrogens with zero attached hydrogens (tertiary/aromatic N) is 3. The molecule has 1 amide bonds. The summed E-state index contributed by atoms with van der Waals surface area (Å²) in [6, 6.07) is 6.87. The molecule has 0 aliphatic heterocycles. The van der Waals surface area contributed by atoms with E-state index in [1.165, 1.54) is 18.2 Å². The molecule has 9 nitrogen and oxygen atoms in total. The average molecular weight is 407 g/mol. The number of aromatic nitrogens is 1. The lowest BCUT2D eigenvalue weighted by atomic mass is 10.3. The van der Waals surface area contributed by atoms with Crippen molar-refractivity contribution in [2.45, 2.75) is 11.4 Å². The van der Waals surface area contributed by atoms with Gasteiger partial charge in [0.15, 0.2) is 14.6 Å². The fourth-order valence-electron chi connectivity index (χ4n) is 2.36. The first-order valence-electron chi connectivity index (χ1n) is 7.48. The van der Waals surface area contributed by atoms with Crippen LogP contribution in [-0.2, 0) is 16.4 Å². The number of rotatable bonds is 5. The van der Waals surface area contributed by atoms with Crippen molar-refractivity contribution in [1.29, 1.82) is 0 Å². The van der Waals surface area contributed by atoms with Crippen LogP contribution in [0.5, 0.6) is 0 Å². The Balaban J connectivity index is 2.14. The molecule has 0 bridgehead atoms. The van der Waals surface area contributed by atoms with Gasteiger partial charge < -0.3 is 8.98 Å². The van der Waals surface area contributed by atoms with E-state index < -0.39 is 26.6 Å². The van der Waals surface area contributed by atoms with Crippen molar-refractivity contribution in [3.63, 3.8) is 0 Å². The zero-order chi connectivity index (χ0) is 19.8. The third-order valence-electron chi connectivity index (χ3n) is 3.57. The number of hydrogen-bond acceptors (Lipinski definition) is 7. The summed E-state index contributed by atoms with van der Waals surface area (Å²) in [7, 11) is -3.38. The van der Waals surface area contributed by atoms with Crippen LogP contribution in [0.4, 0.5) is 5.88 Å². The zero-order valence-electron chi connectivity index (χ0n) is 14.0. The second-order valence-electron chi connectivity index (χ2n) is 5.50. The molecule has 0 N–H and O–H groups in total. The van der Waals surface area contributed by atoms with Crippen LogP contribution in [0.25, 0.3) is 10.2 Å². The van der Waals surface area contributed by atoms with Crippen molar-refractivity contribution < 1.29 is 22.6 Å². The maximum Gasteiger partial charge on any atom is 0.433 e. The first-order chi connectivity index (χ1) is 12.7. The molecule has 2 heterocycles. The van der Waals surface area contributed by atoms with Crippen molar-refractivity contribution in [3.05, 3.63) is 63.7 Å². The van der Waals surface area contributed by atoms with Crippen LogP contribution < -0.4 is 4.80 Å². The number of benzene rings is 1. The molecule has 0 saturated carbocycles. The minimum absolute atomic E-state index is 0.154. The van der Waals surface area contributed by atoms with Gasteiger partial charge in [0.2, 0.25) is 5.76 Å². The SMILES string of the molecule is C=CCn1c(=NC(=O)c2ccc([N+](=O)[O-])o2)sc2cc(S(C)(=O)=O)ccc21. The predicted molar refractivity (Wildman–Crippen MR) is 98.4 cm³/mol. The highest BCUT2D eigenvalue weighted by atomic mass is 32.2. The first-order valence-corrected chi connectivity index (χ1v) is 10.2. The molecule has 3 rings (SSSR count). The molecular formula is C16H13N3O6S2. The Labute approximate surface area is 157 Å². The Hall–Kier alpha value is -3.05. The van der Waals surface area contributed by atoms with Crippen molar-refractivity contribution in [2.75, 3.05) is 6.26 Å². The largest absolute Gasteiger partial charge is 0.433 e. The van der Waals surface area contributed by atoms with Gasteiger partial charge in [-0.15, -0.1) is 6.58 Å². The highest BCUT2D eigenvalue weighted by Gasteiger charge is 2.18. The van der Waals surface area contributed by atoms with Gasteiger partial charge in [0, 0.05) is 12.8 Å². The molecular weight excluding hydrogens is 394 g/mol.